The van der Waals surface area contributed by atoms with Crippen molar-refractivity contribution >= 4 is 35.1 Å². The first-order valence-corrected chi connectivity index (χ1v) is 18.5. The van der Waals surface area contributed by atoms with Crippen molar-refractivity contribution in [1.29, 1.82) is 0 Å². The smallest absolute Gasteiger partial charge is 0.302 e. The van der Waals surface area contributed by atoms with Gasteiger partial charge in [0.15, 0.2) is 23.0 Å². The first-order chi connectivity index (χ1) is 25.4. The van der Waals surface area contributed by atoms with Gasteiger partial charge in [0.1, 0.15) is 13.2 Å². The maximum Gasteiger partial charge on any atom is 0.302 e. The fourth-order valence-corrected chi connectivity index (χ4v) is 7.73. The van der Waals surface area contributed by atoms with Gasteiger partial charge in [-0.05, 0) is 80.8 Å². The summed E-state index contributed by atoms with van der Waals surface area (Å²) in [6.07, 6.45) is 8.10. The van der Waals surface area contributed by atoms with Crippen LogP contribution in [0.15, 0.2) is 24.3 Å². The molecule has 4 fully saturated rings. The van der Waals surface area contributed by atoms with Gasteiger partial charge in [0.2, 0.25) is 0 Å². The van der Waals surface area contributed by atoms with Crippen molar-refractivity contribution in [3.8, 4) is 23.0 Å². The van der Waals surface area contributed by atoms with Crippen molar-refractivity contribution in [3.63, 3.8) is 0 Å². The van der Waals surface area contributed by atoms with Crippen LogP contribution < -0.4 is 30.4 Å². The lowest BCUT2D eigenvalue weighted by atomic mass is 10.0. The number of likely N-dealkylation sites (tertiary alicyclic amines) is 2. The van der Waals surface area contributed by atoms with Crippen LogP contribution in [0.1, 0.15) is 92.4 Å². The fourth-order valence-electron chi connectivity index (χ4n) is 7.73. The molecule has 14 heteroatoms. The van der Waals surface area contributed by atoms with Gasteiger partial charge in [0.25, 0.3) is 11.8 Å². The van der Waals surface area contributed by atoms with Crippen LogP contribution in [-0.2, 0) is 19.1 Å². The van der Waals surface area contributed by atoms with Crippen molar-refractivity contribution in [1.82, 2.24) is 9.80 Å². The van der Waals surface area contributed by atoms with E-state index in [2.05, 4.69) is 0 Å². The van der Waals surface area contributed by atoms with E-state index in [0.29, 0.717) is 60.4 Å². The number of hydrogen-bond donors (Lipinski definition) is 2. The minimum atomic E-state index is -0.368. The minimum Gasteiger partial charge on any atom is -0.493 e. The topological polar surface area (TPSA) is 182 Å². The zero-order valence-electron chi connectivity index (χ0n) is 31.2. The molecule has 288 valence electrons. The number of amides is 2. The number of unbranched alkanes of at least 4 members (excludes halogenated alkanes) is 2. The molecule has 6 rings (SSSR count). The molecule has 0 unspecified atom stereocenters. The van der Waals surface area contributed by atoms with Gasteiger partial charge >= 0.3 is 11.9 Å². The molecule has 2 spiro atoms. The monoisotopic (exact) mass is 736 g/mol. The summed E-state index contributed by atoms with van der Waals surface area (Å²) in [4.78, 5) is 53.8. The summed E-state index contributed by atoms with van der Waals surface area (Å²) in [6, 6.07) is 6.11. The van der Waals surface area contributed by atoms with Gasteiger partial charge in [0, 0.05) is 50.4 Å². The Bertz CT molecular complexity index is 1600. The number of benzene rings is 2. The second kappa shape index (κ2) is 15.6. The Balaban J connectivity index is 0.982. The molecule has 2 atom stereocenters. The number of esters is 2. The molecule has 2 saturated carbocycles. The molecular formula is C39H52N4O10. The lowest BCUT2D eigenvalue weighted by Crippen LogP contribution is -2.39. The normalized spacial score (nSPS) is 20.3. The van der Waals surface area contributed by atoms with Crippen molar-refractivity contribution in [2.24, 2.45) is 10.8 Å². The molecule has 14 nitrogen and oxygen atoms in total. The van der Waals surface area contributed by atoms with Crippen molar-refractivity contribution in [3.05, 3.63) is 35.4 Å². The maximum atomic E-state index is 13.7. The van der Waals surface area contributed by atoms with Gasteiger partial charge in [0.05, 0.1) is 50.6 Å². The van der Waals surface area contributed by atoms with E-state index in [4.69, 9.17) is 39.9 Å². The van der Waals surface area contributed by atoms with E-state index in [1.807, 2.05) is 0 Å². The highest BCUT2D eigenvalue weighted by Crippen LogP contribution is 2.56. The molecule has 4 N–H and O–H groups in total. The molecule has 2 aliphatic carbocycles. The van der Waals surface area contributed by atoms with E-state index < -0.39 is 0 Å². The molecular weight excluding hydrogens is 684 g/mol. The summed E-state index contributed by atoms with van der Waals surface area (Å²) >= 11 is 0. The predicted octanol–water partition coefficient (Wildman–Crippen LogP) is 4.61. The molecule has 2 amide bonds. The average molecular weight is 737 g/mol. The molecule has 0 radical (unpaired) electrons. The van der Waals surface area contributed by atoms with Gasteiger partial charge in [-0.3, -0.25) is 19.2 Å². The number of carbonyl (C=O) groups is 4. The molecule has 0 aromatic heterocycles. The number of ether oxygens (including phenoxy) is 6. The summed E-state index contributed by atoms with van der Waals surface area (Å²) in [6.45, 7) is 5.10. The number of nitrogen functional groups attached to an aromatic ring is 2. The van der Waals surface area contributed by atoms with E-state index in [0.717, 1.165) is 57.8 Å². The van der Waals surface area contributed by atoms with Crippen molar-refractivity contribution in [2.75, 3.05) is 65.2 Å². The van der Waals surface area contributed by atoms with Crippen LogP contribution in [0.4, 0.5) is 11.4 Å². The third-order valence-corrected chi connectivity index (χ3v) is 11.1. The standard InChI is InChI=1S/C39H52N4O10/c1-24(44)52-20-26-18-38(8-9-38)22-42(26)36(46)28-14-32(48-3)34(16-30(28)40)50-12-6-5-7-13-51-35-17-31(41)29(15-33(35)49-4)37(47)43-23-39(10-11-39)19-27(43)21-53-25(2)45/h14-17,26-27H,5-13,18-23,40-41H2,1-4H3/t26-,27-/m0/s1. The number of nitrogens with two attached hydrogens (primary N) is 2. The van der Waals surface area contributed by atoms with E-state index in [1.54, 1.807) is 34.1 Å². The first kappa shape index (κ1) is 37.9. The highest BCUT2D eigenvalue weighted by atomic mass is 16.5. The SMILES string of the molecule is COc1cc(C(=O)N2CC3(CC3)C[C@H]2COC(C)=O)c(N)cc1OCCCCCOc1cc(N)c(C(=O)N2CC3(CC3)C[C@H]2COC(C)=O)cc1OC. The molecule has 0 bridgehead atoms. The van der Waals surface area contributed by atoms with Crippen LogP contribution in [0.25, 0.3) is 0 Å². The van der Waals surface area contributed by atoms with Gasteiger partial charge in [-0.25, -0.2) is 0 Å². The molecule has 2 saturated heterocycles. The lowest BCUT2D eigenvalue weighted by Gasteiger charge is -2.25. The Morgan fingerprint density at radius 3 is 1.38 bits per heavy atom. The van der Waals surface area contributed by atoms with Gasteiger partial charge in [-0.2, -0.15) is 0 Å². The number of rotatable bonds is 16. The first-order valence-electron chi connectivity index (χ1n) is 18.5. The number of nitrogens with zero attached hydrogens (tertiary/aromatic N) is 2. The summed E-state index contributed by atoms with van der Waals surface area (Å²) in [5, 5.41) is 0. The molecule has 2 heterocycles. The molecule has 2 aromatic carbocycles. The molecule has 2 aromatic rings. The van der Waals surface area contributed by atoms with E-state index in [9.17, 15) is 19.2 Å². The quantitative estimate of drug-likeness (QED) is 0.139. The third-order valence-electron chi connectivity index (χ3n) is 11.1. The van der Waals surface area contributed by atoms with Crippen molar-refractivity contribution in [2.45, 2.75) is 83.7 Å². The van der Waals surface area contributed by atoms with Crippen molar-refractivity contribution < 1.29 is 47.6 Å². The average Bonchev–Trinajstić information content (AvgIpc) is 3.99. The van der Waals surface area contributed by atoms with Crippen LogP contribution in [0.5, 0.6) is 23.0 Å². The number of methoxy groups -OCH3 is 2. The Hall–Kier alpha value is -4.88. The van der Waals surface area contributed by atoms with E-state index in [-0.39, 0.29) is 71.3 Å². The minimum absolute atomic E-state index is 0.115. The second-order valence-corrected chi connectivity index (χ2v) is 15.1. The highest BCUT2D eigenvalue weighted by molar-refractivity contribution is 6.01. The predicted molar refractivity (Wildman–Crippen MR) is 195 cm³/mol. The molecule has 4 aliphatic rings. The largest absolute Gasteiger partial charge is 0.493 e. The van der Waals surface area contributed by atoms with Crippen LogP contribution in [0.2, 0.25) is 0 Å². The zero-order chi connectivity index (χ0) is 37.9. The second-order valence-electron chi connectivity index (χ2n) is 15.1. The summed E-state index contributed by atoms with van der Waals surface area (Å²) in [7, 11) is 3.04. The third kappa shape index (κ3) is 8.68. The maximum absolute atomic E-state index is 13.7. The fraction of sp³-hybridized carbons (Fsp3) is 0.590. The summed E-state index contributed by atoms with van der Waals surface area (Å²) in [5.41, 5.74) is 14.2. The number of anilines is 2. The van der Waals surface area contributed by atoms with Crippen LogP contribution in [0, 0.1) is 10.8 Å². The zero-order valence-corrected chi connectivity index (χ0v) is 31.2. The Morgan fingerprint density at radius 2 is 1.04 bits per heavy atom. The lowest BCUT2D eigenvalue weighted by molar-refractivity contribution is -0.143. The summed E-state index contributed by atoms with van der Waals surface area (Å²) < 4.78 is 33.7. The molecule has 53 heavy (non-hydrogen) atoms. The van der Waals surface area contributed by atoms with Gasteiger partial charge in [-0.1, -0.05) is 0 Å². The number of carbonyl (C=O) groups excluding carboxylic acids is 4. The van der Waals surface area contributed by atoms with Crippen LogP contribution in [-0.4, -0.2) is 99.4 Å². The summed E-state index contributed by atoms with van der Waals surface area (Å²) in [5.74, 6) is 0.551. The van der Waals surface area contributed by atoms with Crippen LogP contribution in [0.3, 0.4) is 0 Å². The Labute approximate surface area is 310 Å². The molecule has 2 aliphatic heterocycles. The van der Waals surface area contributed by atoms with E-state index >= 15 is 0 Å². The van der Waals surface area contributed by atoms with Gasteiger partial charge in [-0.15, -0.1) is 0 Å². The Kier molecular flexibility index (Phi) is 11.2. The van der Waals surface area contributed by atoms with E-state index in [1.165, 1.54) is 28.1 Å². The van der Waals surface area contributed by atoms with Crippen LogP contribution >= 0.6 is 0 Å². The van der Waals surface area contributed by atoms with Gasteiger partial charge < -0.3 is 49.7 Å². The highest BCUT2D eigenvalue weighted by Gasteiger charge is 2.54. The Morgan fingerprint density at radius 1 is 0.642 bits per heavy atom. The number of hydrogen-bond acceptors (Lipinski definition) is 12.